The van der Waals surface area contributed by atoms with E-state index < -0.39 is 15.9 Å². The maximum atomic E-state index is 12.6. The number of halogens is 2. The van der Waals surface area contributed by atoms with E-state index >= 15 is 0 Å². The normalized spacial score (nSPS) is 13.8. The minimum Gasteiger partial charge on any atom is -0.351 e. The van der Waals surface area contributed by atoms with E-state index in [1.54, 1.807) is 24.3 Å². The average molecular weight is 425 g/mol. The average Bonchev–Trinajstić information content (AvgIpc) is 3.07. The Morgan fingerprint density at radius 3 is 2.78 bits per heavy atom. The molecule has 1 aliphatic heterocycles. The largest absolute Gasteiger partial charge is 0.351 e. The Kier molecular flexibility index (Phi) is 6.09. The van der Waals surface area contributed by atoms with Crippen molar-refractivity contribution in [3.8, 4) is 0 Å². The van der Waals surface area contributed by atoms with Gasteiger partial charge in [0.2, 0.25) is 15.9 Å². The lowest BCUT2D eigenvalue weighted by molar-refractivity contribution is -0.116. The van der Waals surface area contributed by atoms with Gasteiger partial charge in [0.25, 0.3) is 0 Å². The van der Waals surface area contributed by atoms with Crippen molar-refractivity contribution in [2.75, 3.05) is 23.1 Å². The second kappa shape index (κ2) is 8.33. The number of sulfonamides is 1. The molecule has 0 unspecified atom stereocenters. The van der Waals surface area contributed by atoms with E-state index in [1.165, 1.54) is 16.5 Å². The van der Waals surface area contributed by atoms with Crippen LogP contribution in [0.3, 0.4) is 0 Å². The van der Waals surface area contributed by atoms with E-state index in [4.69, 9.17) is 23.2 Å². The summed E-state index contributed by atoms with van der Waals surface area (Å²) >= 11 is 11.9. The Labute approximate surface area is 168 Å². The maximum Gasteiger partial charge on any atom is 0.244 e. The molecule has 0 aromatic heterocycles. The zero-order valence-electron chi connectivity index (χ0n) is 14.4. The van der Waals surface area contributed by atoms with Crippen molar-refractivity contribution in [3.63, 3.8) is 0 Å². The highest BCUT2D eigenvalue weighted by molar-refractivity contribution is 7.92. The molecule has 0 saturated heterocycles. The molecule has 1 amide bonds. The number of rotatable bonds is 6. The molecule has 2 aromatic rings. The predicted octanol–water partition coefficient (Wildman–Crippen LogP) is 3.52. The van der Waals surface area contributed by atoms with E-state index in [2.05, 4.69) is 5.32 Å². The highest BCUT2D eigenvalue weighted by Gasteiger charge is 2.28. The number of anilines is 1. The molecule has 5 nitrogen and oxygen atoms in total. The molecular weight excluding hydrogens is 407 g/mol. The van der Waals surface area contributed by atoms with Crippen molar-refractivity contribution >= 4 is 50.9 Å². The molecule has 0 fully saturated rings. The van der Waals surface area contributed by atoms with Crippen LogP contribution < -0.4 is 9.62 Å². The summed E-state index contributed by atoms with van der Waals surface area (Å²) in [6.07, 6.45) is 3.54. The number of amides is 1. The fourth-order valence-corrected chi connectivity index (χ4v) is 4.67. The summed E-state index contributed by atoms with van der Waals surface area (Å²) in [5.74, 6) is -0.568. The molecule has 0 radical (unpaired) electrons. The molecule has 1 N–H and O–H groups in total. The van der Waals surface area contributed by atoms with Crippen LogP contribution >= 0.6 is 23.2 Å². The fourth-order valence-electron chi connectivity index (χ4n) is 2.88. The summed E-state index contributed by atoms with van der Waals surface area (Å²) in [6.45, 7) is 0.455. The van der Waals surface area contributed by atoms with Gasteiger partial charge in [0, 0.05) is 29.2 Å². The fraction of sp³-hybridized carbons (Fsp3) is 0.211. The number of hydrogen-bond donors (Lipinski definition) is 1. The molecule has 2 aromatic carbocycles. The smallest absolute Gasteiger partial charge is 0.244 e. The van der Waals surface area contributed by atoms with E-state index in [0.717, 1.165) is 11.3 Å². The standard InChI is InChI=1S/C19H18Cl2N2O3S/c20-16-6-7-17(21)15(13-16)5-8-19(24)22-10-12-27(25,26)23-11-9-14-3-1-2-4-18(14)23/h1-8,13H,9-12H2,(H,22,24)/b8-5+. The number of nitrogens with one attached hydrogen (secondary N) is 1. The third-order valence-corrected chi connectivity index (χ3v) is 6.56. The summed E-state index contributed by atoms with van der Waals surface area (Å²) in [7, 11) is -3.49. The lowest BCUT2D eigenvalue weighted by Crippen LogP contribution is -2.36. The highest BCUT2D eigenvalue weighted by atomic mass is 35.5. The summed E-state index contributed by atoms with van der Waals surface area (Å²) in [5, 5.41) is 3.56. The Morgan fingerprint density at radius 2 is 1.96 bits per heavy atom. The molecule has 0 bridgehead atoms. The van der Waals surface area contributed by atoms with Crippen LogP contribution in [0.1, 0.15) is 11.1 Å². The first kappa shape index (κ1) is 19.7. The van der Waals surface area contributed by atoms with Gasteiger partial charge in [0.05, 0.1) is 11.4 Å². The van der Waals surface area contributed by atoms with Crippen molar-refractivity contribution in [1.29, 1.82) is 0 Å². The zero-order chi connectivity index (χ0) is 19.4. The van der Waals surface area contributed by atoms with E-state index in [9.17, 15) is 13.2 Å². The van der Waals surface area contributed by atoms with Crippen LogP contribution in [0.2, 0.25) is 10.0 Å². The number of benzene rings is 2. The van der Waals surface area contributed by atoms with E-state index in [1.807, 2.05) is 18.2 Å². The first-order chi connectivity index (χ1) is 12.9. The molecule has 142 valence electrons. The van der Waals surface area contributed by atoms with Gasteiger partial charge in [0.15, 0.2) is 0 Å². The molecule has 0 spiro atoms. The van der Waals surface area contributed by atoms with E-state index in [0.29, 0.717) is 28.6 Å². The van der Waals surface area contributed by atoms with Crippen molar-refractivity contribution in [1.82, 2.24) is 5.32 Å². The van der Waals surface area contributed by atoms with Crippen molar-refractivity contribution < 1.29 is 13.2 Å². The van der Waals surface area contributed by atoms with Crippen molar-refractivity contribution in [2.24, 2.45) is 0 Å². The lowest BCUT2D eigenvalue weighted by atomic mass is 10.2. The molecule has 27 heavy (non-hydrogen) atoms. The third-order valence-electron chi connectivity index (χ3n) is 4.21. The Bertz CT molecular complexity index is 990. The summed E-state index contributed by atoms with van der Waals surface area (Å²) in [6, 6.07) is 12.4. The molecular formula is C19H18Cl2N2O3S. The quantitative estimate of drug-likeness (QED) is 0.721. The topological polar surface area (TPSA) is 66.5 Å². The molecule has 1 heterocycles. The Balaban J connectivity index is 1.55. The number of carbonyl (C=O) groups is 1. The van der Waals surface area contributed by atoms with Crippen LogP contribution in [0.4, 0.5) is 5.69 Å². The first-order valence-corrected chi connectivity index (χ1v) is 10.7. The predicted molar refractivity (Wildman–Crippen MR) is 110 cm³/mol. The number of carbonyl (C=O) groups excluding carboxylic acids is 1. The van der Waals surface area contributed by atoms with Crippen LogP contribution in [0.5, 0.6) is 0 Å². The highest BCUT2D eigenvalue weighted by Crippen LogP contribution is 2.29. The Hall–Kier alpha value is -2.02. The SMILES string of the molecule is O=C(/C=C/c1cc(Cl)ccc1Cl)NCCS(=O)(=O)N1CCc2ccccc21. The molecule has 3 rings (SSSR count). The molecule has 0 saturated carbocycles. The third kappa shape index (κ3) is 4.83. The summed E-state index contributed by atoms with van der Waals surface area (Å²) in [4.78, 5) is 11.9. The molecule has 0 aliphatic carbocycles. The minimum atomic E-state index is -3.49. The number of para-hydroxylation sites is 1. The van der Waals surface area contributed by atoms with Gasteiger partial charge in [-0.3, -0.25) is 9.10 Å². The van der Waals surface area contributed by atoms with Gasteiger partial charge in [-0.05, 0) is 47.9 Å². The van der Waals surface area contributed by atoms with Crippen LogP contribution in [0, 0.1) is 0 Å². The Morgan fingerprint density at radius 1 is 1.19 bits per heavy atom. The molecule has 1 aliphatic rings. The molecule has 0 atom stereocenters. The second-order valence-electron chi connectivity index (χ2n) is 6.06. The van der Waals surface area contributed by atoms with Gasteiger partial charge in [-0.25, -0.2) is 8.42 Å². The number of fused-ring (bicyclic) bond motifs is 1. The number of hydrogen-bond acceptors (Lipinski definition) is 3. The van der Waals surface area contributed by atoms with Crippen LogP contribution in [-0.4, -0.2) is 33.2 Å². The van der Waals surface area contributed by atoms with Crippen molar-refractivity contribution in [2.45, 2.75) is 6.42 Å². The monoisotopic (exact) mass is 424 g/mol. The van der Waals surface area contributed by atoms with Gasteiger partial charge < -0.3 is 5.32 Å². The van der Waals surface area contributed by atoms with Crippen molar-refractivity contribution in [3.05, 3.63) is 69.7 Å². The lowest BCUT2D eigenvalue weighted by Gasteiger charge is -2.19. The van der Waals surface area contributed by atoms with Gasteiger partial charge in [-0.1, -0.05) is 41.4 Å². The van der Waals surface area contributed by atoms with Crippen LogP contribution in [-0.2, 0) is 21.2 Å². The zero-order valence-corrected chi connectivity index (χ0v) is 16.7. The van der Waals surface area contributed by atoms with Crippen LogP contribution in [0.15, 0.2) is 48.5 Å². The van der Waals surface area contributed by atoms with Gasteiger partial charge in [-0.2, -0.15) is 0 Å². The maximum absolute atomic E-state index is 12.6. The second-order valence-corrected chi connectivity index (χ2v) is 8.91. The minimum absolute atomic E-state index is 0.0213. The first-order valence-electron chi connectivity index (χ1n) is 8.36. The van der Waals surface area contributed by atoms with E-state index in [-0.39, 0.29) is 12.3 Å². The van der Waals surface area contributed by atoms with Crippen LogP contribution in [0.25, 0.3) is 6.08 Å². The van der Waals surface area contributed by atoms with Gasteiger partial charge in [-0.15, -0.1) is 0 Å². The molecule has 8 heteroatoms. The number of nitrogens with zero attached hydrogens (tertiary/aromatic N) is 1. The van der Waals surface area contributed by atoms with Gasteiger partial charge in [0.1, 0.15) is 0 Å². The summed E-state index contributed by atoms with van der Waals surface area (Å²) in [5.41, 5.74) is 2.35. The summed E-state index contributed by atoms with van der Waals surface area (Å²) < 4.78 is 26.5. The van der Waals surface area contributed by atoms with Gasteiger partial charge >= 0.3 is 0 Å².